The fourth-order valence-electron chi connectivity index (χ4n) is 2.28. The molecule has 0 saturated carbocycles. The van der Waals surface area contributed by atoms with Gasteiger partial charge in [-0.15, -0.1) is 0 Å². The molecule has 0 spiro atoms. The van der Waals surface area contributed by atoms with Gasteiger partial charge in [-0.3, -0.25) is 9.48 Å². The Hall–Kier alpha value is -2.63. The maximum Gasteiger partial charge on any atom is 0.335 e. The number of carbonyl (C=O) groups excluding carboxylic acids is 1. The number of aromatic carboxylic acids is 1. The first kappa shape index (κ1) is 16.7. The van der Waals surface area contributed by atoms with Crippen LogP contribution in [0.15, 0.2) is 36.7 Å². The van der Waals surface area contributed by atoms with Gasteiger partial charge in [-0.2, -0.15) is 5.10 Å². The third-order valence-corrected chi connectivity index (χ3v) is 3.56. The summed E-state index contributed by atoms with van der Waals surface area (Å²) in [6.45, 7) is 0.645. The molecule has 122 valence electrons. The minimum atomic E-state index is -0.942. The monoisotopic (exact) mass is 315 g/mol. The lowest BCUT2D eigenvalue weighted by molar-refractivity contribution is -0.121. The molecule has 1 amide bonds. The van der Waals surface area contributed by atoms with E-state index in [2.05, 4.69) is 10.4 Å². The van der Waals surface area contributed by atoms with Crippen LogP contribution in [0.25, 0.3) is 0 Å². The third-order valence-electron chi connectivity index (χ3n) is 3.56. The summed E-state index contributed by atoms with van der Waals surface area (Å²) >= 11 is 0. The van der Waals surface area contributed by atoms with Gasteiger partial charge in [0.25, 0.3) is 0 Å². The van der Waals surface area contributed by atoms with E-state index in [4.69, 9.17) is 5.11 Å². The number of amides is 1. The smallest absolute Gasteiger partial charge is 0.335 e. The zero-order chi connectivity index (χ0) is 16.7. The largest absolute Gasteiger partial charge is 0.478 e. The minimum Gasteiger partial charge on any atom is -0.478 e. The van der Waals surface area contributed by atoms with E-state index < -0.39 is 5.97 Å². The van der Waals surface area contributed by atoms with Crippen LogP contribution in [0.4, 0.5) is 0 Å². The summed E-state index contributed by atoms with van der Waals surface area (Å²) in [5, 5.41) is 15.8. The fourth-order valence-corrected chi connectivity index (χ4v) is 2.28. The highest BCUT2D eigenvalue weighted by atomic mass is 16.4. The number of carboxylic acid groups (broad SMARTS) is 1. The Morgan fingerprint density at radius 1 is 1.17 bits per heavy atom. The van der Waals surface area contributed by atoms with Gasteiger partial charge in [0.1, 0.15) is 0 Å². The predicted molar refractivity (Wildman–Crippen MR) is 86.3 cm³/mol. The van der Waals surface area contributed by atoms with Gasteiger partial charge in [0, 0.05) is 26.2 Å². The van der Waals surface area contributed by atoms with Crippen LogP contribution in [-0.2, 0) is 24.7 Å². The maximum atomic E-state index is 11.8. The van der Waals surface area contributed by atoms with Gasteiger partial charge in [-0.25, -0.2) is 4.79 Å². The molecule has 1 aromatic heterocycles. The summed E-state index contributed by atoms with van der Waals surface area (Å²) in [7, 11) is 1.88. The number of benzene rings is 1. The molecule has 6 nitrogen and oxygen atoms in total. The van der Waals surface area contributed by atoms with E-state index in [1.165, 1.54) is 5.56 Å². The van der Waals surface area contributed by atoms with E-state index in [0.29, 0.717) is 19.4 Å². The van der Waals surface area contributed by atoms with E-state index in [1.54, 1.807) is 28.9 Å². The first-order valence-electron chi connectivity index (χ1n) is 7.61. The molecule has 0 aliphatic rings. The Balaban J connectivity index is 1.63. The Bertz CT molecular complexity index is 662. The summed E-state index contributed by atoms with van der Waals surface area (Å²) in [6.07, 6.45) is 6.59. The second-order valence-corrected chi connectivity index (χ2v) is 5.48. The van der Waals surface area contributed by atoms with E-state index in [1.807, 2.05) is 19.4 Å². The molecule has 1 heterocycles. The van der Waals surface area contributed by atoms with E-state index in [-0.39, 0.29) is 11.5 Å². The summed E-state index contributed by atoms with van der Waals surface area (Å²) in [5.41, 5.74) is 2.38. The van der Waals surface area contributed by atoms with Crippen LogP contribution < -0.4 is 5.32 Å². The average Bonchev–Trinajstić information content (AvgIpc) is 2.95. The second kappa shape index (κ2) is 8.12. The summed E-state index contributed by atoms with van der Waals surface area (Å²) in [5.74, 6) is -0.929. The summed E-state index contributed by atoms with van der Waals surface area (Å²) < 4.78 is 1.77. The van der Waals surface area contributed by atoms with E-state index >= 15 is 0 Å². The lowest BCUT2D eigenvalue weighted by Crippen LogP contribution is -2.24. The molecule has 0 aliphatic heterocycles. The standard InChI is InChI=1S/C17H21N3O3/c1-20-12-14(11-19-20)3-2-10-18-16(21)9-6-13-4-7-15(8-5-13)17(22)23/h4-5,7-8,11-12H,2-3,6,9-10H2,1H3,(H,18,21)(H,22,23). The van der Waals surface area contributed by atoms with Crippen molar-refractivity contribution in [2.45, 2.75) is 25.7 Å². The number of hydrogen-bond donors (Lipinski definition) is 2. The molecule has 2 N–H and O–H groups in total. The van der Waals surface area contributed by atoms with E-state index in [0.717, 1.165) is 18.4 Å². The molecule has 0 radical (unpaired) electrons. The first-order valence-corrected chi connectivity index (χ1v) is 7.61. The van der Waals surface area contributed by atoms with Crippen LogP contribution in [-0.4, -0.2) is 33.3 Å². The SMILES string of the molecule is Cn1cc(CCCNC(=O)CCc2ccc(C(=O)O)cc2)cn1. The number of aromatic nitrogens is 2. The molecule has 0 fully saturated rings. The average molecular weight is 315 g/mol. The zero-order valence-corrected chi connectivity index (χ0v) is 13.2. The topological polar surface area (TPSA) is 84.2 Å². The Kier molecular flexibility index (Phi) is 5.91. The highest BCUT2D eigenvalue weighted by molar-refractivity contribution is 5.87. The predicted octanol–water partition coefficient (Wildman–Crippen LogP) is 1.80. The molecule has 0 bridgehead atoms. The van der Waals surface area contributed by atoms with E-state index in [9.17, 15) is 9.59 Å². The Morgan fingerprint density at radius 2 is 1.91 bits per heavy atom. The van der Waals surface area contributed by atoms with Crippen LogP contribution in [0.1, 0.15) is 34.3 Å². The van der Waals surface area contributed by atoms with Gasteiger partial charge in [0.2, 0.25) is 5.91 Å². The van der Waals surface area contributed by atoms with Gasteiger partial charge in [-0.1, -0.05) is 12.1 Å². The molecule has 1 aromatic carbocycles. The van der Waals surface area contributed by atoms with Gasteiger partial charge in [0.15, 0.2) is 0 Å². The van der Waals surface area contributed by atoms with Crippen molar-refractivity contribution < 1.29 is 14.7 Å². The van der Waals surface area contributed by atoms with Crippen molar-refractivity contribution in [1.82, 2.24) is 15.1 Å². The number of carboxylic acids is 1. The molecule has 6 heteroatoms. The Labute approximate surface area is 135 Å². The normalized spacial score (nSPS) is 10.5. The zero-order valence-electron chi connectivity index (χ0n) is 13.2. The number of rotatable bonds is 8. The molecule has 23 heavy (non-hydrogen) atoms. The van der Waals surface area contributed by atoms with Crippen molar-refractivity contribution in [3.05, 3.63) is 53.3 Å². The number of aryl methyl sites for hydroxylation is 3. The molecule has 0 unspecified atom stereocenters. The van der Waals surface area contributed by atoms with Crippen molar-refractivity contribution in [3.8, 4) is 0 Å². The summed E-state index contributed by atoms with van der Waals surface area (Å²) in [4.78, 5) is 22.5. The third kappa shape index (κ3) is 5.58. The lowest BCUT2D eigenvalue weighted by atomic mass is 10.1. The summed E-state index contributed by atoms with van der Waals surface area (Å²) in [6, 6.07) is 6.62. The highest BCUT2D eigenvalue weighted by Gasteiger charge is 2.05. The number of nitrogens with zero attached hydrogens (tertiary/aromatic N) is 2. The van der Waals surface area contributed by atoms with Crippen LogP contribution in [0, 0.1) is 0 Å². The van der Waals surface area contributed by atoms with Crippen molar-refractivity contribution in [3.63, 3.8) is 0 Å². The van der Waals surface area contributed by atoms with Crippen molar-refractivity contribution in [2.75, 3.05) is 6.54 Å². The Morgan fingerprint density at radius 3 is 2.52 bits per heavy atom. The fraction of sp³-hybridized carbons (Fsp3) is 0.353. The molecular weight excluding hydrogens is 294 g/mol. The molecule has 0 atom stereocenters. The highest BCUT2D eigenvalue weighted by Crippen LogP contribution is 2.07. The first-order chi connectivity index (χ1) is 11.0. The van der Waals surface area contributed by atoms with Crippen LogP contribution in [0.5, 0.6) is 0 Å². The molecular formula is C17H21N3O3. The second-order valence-electron chi connectivity index (χ2n) is 5.48. The number of hydrogen-bond acceptors (Lipinski definition) is 3. The molecule has 2 aromatic rings. The van der Waals surface area contributed by atoms with Gasteiger partial charge >= 0.3 is 5.97 Å². The van der Waals surface area contributed by atoms with Crippen LogP contribution >= 0.6 is 0 Å². The molecule has 2 rings (SSSR count). The quantitative estimate of drug-likeness (QED) is 0.728. The van der Waals surface area contributed by atoms with Gasteiger partial charge < -0.3 is 10.4 Å². The van der Waals surface area contributed by atoms with Crippen LogP contribution in [0.3, 0.4) is 0 Å². The minimum absolute atomic E-state index is 0.0125. The van der Waals surface area contributed by atoms with Crippen molar-refractivity contribution in [2.24, 2.45) is 7.05 Å². The lowest BCUT2D eigenvalue weighted by Gasteiger charge is -2.05. The number of nitrogens with one attached hydrogen (secondary N) is 1. The van der Waals surface area contributed by atoms with Crippen molar-refractivity contribution >= 4 is 11.9 Å². The molecule has 0 saturated heterocycles. The number of carbonyl (C=O) groups is 2. The molecule has 0 aliphatic carbocycles. The van der Waals surface area contributed by atoms with Crippen LogP contribution in [0.2, 0.25) is 0 Å². The van der Waals surface area contributed by atoms with Gasteiger partial charge in [-0.05, 0) is 42.5 Å². The maximum absolute atomic E-state index is 11.8. The van der Waals surface area contributed by atoms with Crippen molar-refractivity contribution in [1.29, 1.82) is 0 Å². The van der Waals surface area contributed by atoms with Gasteiger partial charge in [0.05, 0.1) is 11.8 Å².